The molecule has 0 fully saturated rings. The molecule has 1 aliphatic rings. The van der Waals surface area contributed by atoms with Crippen molar-refractivity contribution in [3.05, 3.63) is 94.5 Å². The summed E-state index contributed by atoms with van der Waals surface area (Å²) >= 11 is 6.42. The highest BCUT2D eigenvalue weighted by Crippen LogP contribution is 2.48. The molecule has 4 nitrogen and oxygen atoms in total. The number of nitrogens with zero attached hydrogens (tertiary/aromatic N) is 1. The first-order valence-electron chi connectivity index (χ1n) is 8.57. The number of fused-ring (bicyclic) bond motifs is 1. The predicted molar refractivity (Wildman–Crippen MR) is 105 cm³/mol. The van der Waals surface area contributed by atoms with E-state index in [9.17, 15) is 9.90 Å². The van der Waals surface area contributed by atoms with Crippen molar-refractivity contribution in [1.29, 1.82) is 0 Å². The number of methoxy groups -OCH3 is 1. The Kier molecular flexibility index (Phi) is 4.38. The van der Waals surface area contributed by atoms with E-state index in [0.29, 0.717) is 28.4 Å². The number of anilines is 1. The first-order valence-corrected chi connectivity index (χ1v) is 8.95. The summed E-state index contributed by atoms with van der Waals surface area (Å²) in [7, 11) is 1.61. The van der Waals surface area contributed by atoms with Crippen molar-refractivity contribution < 1.29 is 14.6 Å². The molecule has 1 N–H and O–H groups in total. The van der Waals surface area contributed by atoms with E-state index < -0.39 is 11.5 Å². The van der Waals surface area contributed by atoms with Gasteiger partial charge in [0.2, 0.25) is 0 Å². The Hall–Kier alpha value is -2.82. The van der Waals surface area contributed by atoms with Crippen LogP contribution >= 0.6 is 11.6 Å². The van der Waals surface area contributed by atoms with Crippen molar-refractivity contribution >= 4 is 23.2 Å². The quantitative estimate of drug-likeness (QED) is 0.741. The van der Waals surface area contributed by atoms with Crippen LogP contribution in [0.4, 0.5) is 5.69 Å². The SMILES string of the molecule is COc1ccc(CN2C(=O)[C@@](O)(c3ccccc3)c3c(Cl)cccc32)cc1. The highest BCUT2D eigenvalue weighted by molar-refractivity contribution is 6.33. The molecule has 0 saturated heterocycles. The number of halogens is 1. The van der Waals surface area contributed by atoms with E-state index >= 15 is 0 Å². The van der Waals surface area contributed by atoms with Gasteiger partial charge in [0.15, 0.2) is 5.60 Å². The molecule has 4 rings (SSSR count). The normalized spacial score (nSPS) is 18.5. The molecule has 3 aromatic rings. The number of aliphatic hydroxyl groups is 1. The third kappa shape index (κ3) is 2.78. The van der Waals surface area contributed by atoms with Crippen molar-refractivity contribution in [2.24, 2.45) is 0 Å². The summed E-state index contributed by atoms with van der Waals surface area (Å²) in [5.41, 5.74) is 0.668. The topological polar surface area (TPSA) is 49.8 Å². The standard InChI is InChI=1S/C22H18ClNO3/c1-27-17-12-10-15(11-13-17)14-24-19-9-5-8-18(23)20(19)22(26,21(24)25)16-6-3-2-4-7-16/h2-13,26H,14H2,1H3/t22-/m1/s1. The molecule has 136 valence electrons. The van der Waals surface area contributed by atoms with Crippen molar-refractivity contribution in [3.8, 4) is 5.75 Å². The van der Waals surface area contributed by atoms with Gasteiger partial charge in [-0.15, -0.1) is 0 Å². The lowest BCUT2D eigenvalue weighted by Gasteiger charge is -2.24. The number of carbonyl (C=O) groups is 1. The Morgan fingerprint density at radius 3 is 2.37 bits per heavy atom. The summed E-state index contributed by atoms with van der Waals surface area (Å²) in [5.74, 6) is 0.336. The van der Waals surface area contributed by atoms with Crippen LogP contribution in [0.15, 0.2) is 72.8 Å². The summed E-state index contributed by atoms with van der Waals surface area (Å²) < 4.78 is 5.19. The zero-order chi connectivity index (χ0) is 19.0. The van der Waals surface area contributed by atoms with E-state index in [1.807, 2.05) is 36.4 Å². The number of benzene rings is 3. The number of carbonyl (C=O) groups excluding carboxylic acids is 1. The van der Waals surface area contributed by atoms with Crippen LogP contribution in [0.3, 0.4) is 0 Å². The maximum absolute atomic E-state index is 13.4. The van der Waals surface area contributed by atoms with Crippen LogP contribution < -0.4 is 9.64 Å². The van der Waals surface area contributed by atoms with Gasteiger partial charge in [0, 0.05) is 10.6 Å². The van der Waals surface area contributed by atoms with Crippen molar-refractivity contribution in [1.82, 2.24) is 0 Å². The Bertz CT molecular complexity index is 988. The van der Waals surface area contributed by atoms with Crippen LogP contribution in [-0.2, 0) is 16.9 Å². The van der Waals surface area contributed by atoms with Gasteiger partial charge in [-0.25, -0.2) is 0 Å². The Labute approximate surface area is 162 Å². The molecule has 0 aromatic heterocycles. The number of hydrogen-bond acceptors (Lipinski definition) is 3. The molecule has 5 heteroatoms. The monoisotopic (exact) mass is 379 g/mol. The van der Waals surface area contributed by atoms with Crippen LogP contribution in [0.25, 0.3) is 0 Å². The van der Waals surface area contributed by atoms with Gasteiger partial charge in [0.25, 0.3) is 5.91 Å². The zero-order valence-electron chi connectivity index (χ0n) is 14.7. The molecular formula is C22H18ClNO3. The van der Waals surface area contributed by atoms with Crippen LogP contribution in [0.2, 0.25) is 5.02 Å². The molecule has 0 bridgehead atoms. The van der Waals surface area contributed by atoms with E-state index in [4.69, 9.17) is 16.3 Å². The van der Waals surface area contributed by atoms with Crippen molar-refractivity contribution in [3.63, 3.8) is 0 Å². The van der Waals surface area contributed by atoms with Gasteiger partial charge in [0.1, 0.15) is 5.75 Å². The largest absolute Gasteiger partial charge is 0.497 e. The van der Waals surface area contributed by atoms with E-state index in [1.165, 1.54) is 0 Å². The second kappa shape index (κ2) is 6.72. The Balaban J connectivity index is 1.81. The molecule has 1 amide bonds. The van der Waals surface area contributed by atoms with Crippen molar-refractivity contribution in [2.75, 3.05) is 12.0 Å². The van der Waals surface area contributed by atoms with Crippen LogP contribution in [0.5, 0.6) is 5.75 Å². The molecule has 0 radical (unpaired) electrons. The first kappa shape index (κ1) is 17.6. The van der Waals surface area contributed by atoms with Gasteiger partial charge >= 0.3 is 0 Å². The second-order valence-corrected chi connectivity index (χ2v) is 6.86. The number of amides is 1. The molecule has 0 aliphatic carbocycles. The third-order valence-electron chi connectivity index (χ3n) is 4.89. The minimum absolute atomic E-state index is 0.325. The van der Waals surface area contributed by atoms with Gasteiger partial charge in [-0.05, 0) is 35.4 Å². The fourth-order valence-electron chi connectivity index (χ4n) is 3.53. The molecule has 27 heavy (non-hydrogen) atoms. The highest BCUT2D eigenvalue weighted by Gasteiger charge is 2.52. The lowest BCUT2D eigenvalue weighted by atomic mass is 9.87. The maximum Gasteiger partial charge on any atom is 0.268 e. The van der Waals surface area contributed by atoms with Crippen molar-refractivity contribution in [2.45, 2.75) is 12.1 Å². The number of hydrogen-bond donors (Lipinski definition) is 1. The fourth-order valence-corrected chi connectivity index (χ4v) is 3.83. The molecule has 1 atom stereocenters. The van der Waals surface area contributed by atoms with Gasteiger partial charge in [-0.1, -0.05) is 60.1 Å². The molecule has 1 heterocycles. The van der Waals surface area contributed by atoms with E-state index in [1.54, 1.807) is 48.4 Å². The van der Waals surface area contributed by atoms with Gasteiger partial charge in [0.05, 0.1) is 19.3 Å². The smallest absolute Gasteiger partial charge is 0.268 e. The molecule has 3 aromatic carbocycles. The average molecular weight is 380 g/mol. The fraction of sp³-hybridized carbons (Fsp3) is 0.136. The second-order valence-electron chi connectivity index (χ2n) is 6.45. The van der Waals surface area contributed by atoms with Gasteiger partial charge in [-0.2, -0.15) is 0 Å². The summed E-state index contributed by atoms with van der Waals surface area (Å²) in [4.78, 5) is 14.9. The third-order valence-corrected chi connectivity index (χ3v) is 5.21. The number of rotatable bonds is 4. The van der Waals surface area contributed by atoms with Gasteiger partial charge < -0.3 is 14.7 Å². The minimum Gasteiger partial charge on any atom is -0.497 e. The van der Waals surface area contributed by atoms with E-state index in [0.717, 1.165) is 11.3 Å². The maximum atomic E-state index is 13.4. The summed E-state index contributed by atoms with van der Waals surface area (Å²) in [6, 6.07) is 21.7. The van der Waals surface area contributed by atoms with Crippen LogP contribution in [0, 0.1) is 0 Å². The van der Waals surface area contributed by atoms with E-state index in [2.05, 4.69) is 0 Å². The molecule has 0 spiro atoms. The summed E-state index contributed by atoms with van der Waals surface area (Å²) in [6.07, 6.45) is 0. The molecule has 1 aliphatic heterocycles. The summed E-state index contributed by atoms with van der Waals surface area (Å²) in [5, 5.41) is 11.9. The predicted octanol–water partition coefficient (Wildman–Crippen LogP) is 4.13. The first-order chi connectivity index (χ1) is 13.1. The van der Waals surface area contributed by atoms with Crippen LogP contribution in [0.1, 0.15) is 16.7 Å². The molecule has 0 saturated carbocycles. The van der Waals surface area contributed by atoms with Gasteiger partial charge in [-0.3, -0.25) is 4.79 Å². The molecule has 0 unspecified atom stereocenters. The molecular weight excluding hydrogens is 362 g/mol. The highest BCUT2D eigenvalue weighted by atomic mass is 35.5. The Morgan fingerprint density at radius 2 is 1.70 bits per heavy atom. The lowest BCUT2D eigenvalue weighted by Crippen LogP contribution is -2.41. The summed E-state index contributed by atoms with van der Waals surface area (Å²) in [6.45, 7) is 0.325. The lowest BCUT2D eigenvalue weighted by molar-refractivity contribution is -0.132. The average Bonchev–Trinajstić information content (AvgIpc) is 2.93. The minimum atomic E-state index is -1.80. The Morgan fingerprint density at radius 1 is 1.00 bits per heavy atom. The zero-order valence-corrected chi connectivity index (χ0v) is 15.5. The van der Waals surface area contributed by atoms with Crippen LogP contribution in [-0.4, -0.2) is 18.1 Å². The van der Waals surface area contributed by atoms with E-state index in [-0.39, 0.29) is 0 Å². The number of ether oxygens (including phenoxy) is 1.